The minimum atomic E-state index is 0.647. The zero-order chi connectivity index (χ0) is 11.4. The van der Waals surface area contributed by atoms with Gasteiger partial charge in [0.2, 0.25) is 0 Å². The summed E-state index contributed by atoms with van der Waals surface area (Å²) in [5.74, 6) is 3.35. The van der Waals surface area contributed by atoms with Crippen LogP contribution in [0.25, 0.3) is 11.3 Å². The molecule has 2 aromatic rings. The van der Waals surface area contributed by atoms with Gasteiger partial charge in [-0.2, -0.15) is 0 Å². The first-order valence-corrected chi connectivity index (χ1v) is 4.91. The summed E-state index contributed by atoms with van der Waals surface area (Å²) in [6.07, 6.45) is 5.31. The van der Waals surface area contributed by atoms with Crippen molar-refractivity contribution in [1.82, 2.24) is 4.98 Å². The summed E-state index contributed by atoms with van der Waals surface area (Å²) in [5.41, 5.74) is 2.55. The van der Waals surface area contributed by atoms with Crippen LogP contribution in [0.15, 0.2) is 42.5 Å². The van der Waals surface area contributed by atoms with E-state index >= 15 is 0 Å². The van der Waals surface area contributed by atoms with Crippen LogP contribution in [-0.2, 0) is 0 Å². The second kappa shape index (κ2) is 4.50. The lowest BCUT2D eigenvalue weighted by atomic mass is 10.1. The number of pyridine rings is 1. The van der Waals surface area contributed by atoms with E-state index in [1.165, 1.54) is 0 Å². The molecule has 0 fully saturated rings. The first-order chi connectivity index (χ1) is 7.83. The van der Waals surface area contributed by atoms with Gasteiger partial charge in [-0.25, -0.2) is 4.98 Å². The van der Waals surface area contributed by atoms with E-state index in [4.69, 9.17) is 11.2 Å². The van der Waals surface area contributed by atoms with Crippen molar-refractivity contribution in [2.75, 3.05) is 7.11 Å². The van der Waals surface area contributed by atoms with Crippen molar-refractivity contribution in [3.8, 4) is 29.4 Å². The molecule has 0 aliphatic carbocycles. The third kappa shape index (κ3) is 2.04. The highest BCUT2D eigenvalue weighted by atomic mass is 16.5. The van der Waals surface area contributed by atoms with Crippen molar-refractivity contribution in [2.24, 2.45) is 0 Å². The zero-order valence-corrected chi connectivity index (χ0v) is 8.97. The van der Waals surface area contributed by atoms with Gasteiger partial charge in [0.1, 0.15) is 11.4 Å². The van der Waals surface area contributed by atoms with Crippen LogP contribution in [0.4, 0.5) is 0 Å². The molecule has 2 rings (SSSR count). The molecule has 2 heteroatoms. The largest absolute Gasteiger partial charge is 0.497 e. The molecule has 0 spiro atoms. The average molecular weight is 209 g/mol. The van der Waals surface area contributed by atoms with Crippen molar-refractivity contribution < 1.29 is 4.74 Å². The zero-order valence-electron chi connectivity index (χ0n) is 8.97. The van der Waals surface area contributed by atoms with Crippen LogP contribution in [0, 0.1) is 12.3 Å². The standard InChI is InChI=1S/C14H11NO/c1-3-12-5-4-6-14(15-12)11-7-9-13(16-2)10-8-11/h1,4-10H,2H3. The highest BCUT2D eigenvalue weighted by molar-refractivity contribution is 5.60. The summed E-state index contributed by atoms with van der Waals surface area (Å²) in [4.78, 5) is 4.34. The average Bonchev–Trinajstić information content (AvgIpc) is 2.39. The summed E-state index contributed by atoms with van der Waals surface area (Å²) in [6, 6.07) is 13.4. The van der Waals surface area contributed by atoms with Gasteiger partial charge in [0.15, 0.2) is 0 Å². The molecule has 1 heterocycles. The van der Waals surface area contributed by atoms with Crippen molar-refractivity contribution in [3.05, 3.63) is 48.2 Å². The quantitative estimate of drug-likeness (QED) is 0.709. The second-order valence-corrected chi connectivity index (χ2v) is 3.28. The van der Waals surface area contributed by atoms with Crippen molar-refractivity contribution >= 4 is 0 Å². The Bertz CT molecular complexity index is 523. The molecule has 16 heavy (non-hydrogen) atoms. The molecule has 0 aliphatic rings. The number of ether oxygens (including phenoxy) is 1. The van der Waals surface area contributed by atoms with Crippen LogP contribution in [0.2, 0.25) is 0 Å². The fourth-order valence-electron chi connectivity index (χ4n) is 1.44. The Labute approximate surface area is 94.9 Å². The highest BCUT2D eigenvalue weighted by Gasteiger charge is 2.00. The van der Waals surface area contributed by atoms with Crippen LogP contribution >= 0.6 is 0 Å². The number of hydrogen-bond donors (Lipinski definition) is 0. The van der Waals surface area contributed by atoms with Gasteiger partial charge in [-0.3, -0.25) is 0 Å². The second-order valence-electron chi connectivity index (χ2n) is 3.28. The molecule has 0 unspecified atom stereocenters. The molecule has 0 aliphatic heterocycles. The molecule has 0 bridgehead atoms. The number of nitrogens with zero attached hydrogens (tertiary/aromatic N) is 1. The third-order valence-corrected chi connectivity index (χ3v) is 2.28. The lowest BCUT2D eigenvalue weighted by molar-refractivity contribution is 0.415. The maximum absolute atomic E-state index is 5.31. The molecular formula is C14H11NO. The van der Waals surface area contributed by atoms with Gasteiger partial charge >= 0.3 is 0 Å². The van der Waals surface area contributed by atoms with E-state index in [1.807, 2.05) is 42.5 Å². The Kier molecular flexibility index (Phi) is 2.88. The van der Waals surface area contributed by atoms with Crippen LogP contribution in [-0.4, -0.2) is 12.1 Å². The van der Waals surface area contributed by atoms with Gasteiger partial charge in [0, 0.05) is 5.56 Å². The fraction of sp³-hybridized carbons (Fsp3) is 0.0714. The van der Waals surface area contributed by atoms with Crippen LogP contribution in [0.5, 0.6) is 5.75 Å². The number of hydrogen-bond acceptors (Lipinski definition) is 2. The predicted octanol–water partition coefficient (Wildman–Crippen LogP) is 2.74. The molecule has 0 amide bonds. The lowest BCUT2D eigenvalue weighted by Crippen LogP contribution is -1.87. The monoisotopic (exact) mass is 209 g/mol. The lowest BCUT2D eigenvalue weighted by Gasteiger charge is -2.03. The minimum Gasteiger partial charge on any atom is -0.497 e. The normalized spacial score (nSPS) is 9.50. The van der Waals surface area contributed by atoms with E-state index in [0.717, 1.165) is 17.0 Å². The first kappa shape index (κ1) is 10.3. The molecule has 78 valence electrons. The van der Waals surface area contributed by atoms with E-state index in [2.05, 4.69) is 10.9 Å². The van der Waals surface area contributed by atoms with E-state index in [-0.39, 0.29) is 0 Å². The van der Waals surface area contributed by atoms with Crippen molar-refractivity contribution in [3.63, 3.8) is 0 Å². The molecule has 0 N–H and O–H groups in total. The summed E-state index contributed by atoms with van der Waals surface area (Å²) in [5, 5.41) is 0. The Morgan fingerprint density at radius 3 is 2.50 bits per heavy atom. The van der Waals surface area contributed by atoms with E-state index in [1.54, 1.807) is 7.11 Å². The van der Waals surface area contributed by atoms with E-state index in [9.17, 15) is 0 Å². The number of terminal acetylenes is 1. The predicted molar refractivity (Wildman–Crippen MR) is 64.2 cm³/mol. The van der Waals surface area contributed by atoms with Crippen LogP contribution in [0.1, 0.15) is 5.69 Å². The topological polar surface area (TPSA) is 22.1 Å². The Morgan fingerprint density at radius 2 is 1.88 bits per heavy atom. The fourth-order valence-corrected chi connectivity index (χ4v) is 1.44. The van der Waals surface area contributed by atoms with Gasteiger partial charge in [0.25, 0.3) is 0 Å². The number of benzene rings is 1. The summed E-state index contributed by atoms with van der Waals surface area (Å²) < 4.78 is 5.10. The highest BCUT2D eigenvalue weighted by Crippen LogP contribution is 2.20. The van der Waals surface area contributed by atoms with Gasteiger partial charge in [-0.15, -0.1) is 6.42 Å². The molecule has 0 radical (unpaired) electrons. The van der Waals surface area contributed by atoms with Gasteiger partial charge in [-0.05, 0) is 36.4 Å². The van der Waals surface area contributed by atoms with Gasteiger partial charge in [0.05, 0.1) is 12.8 Å². The molecule has 0 saturated heterocycles. The Balaban J connectivity index is 2.39. The SMILES string of the molecule is C#Cc1cccc(-c2ccc(OC)cc2)n1. The van der Waals surface area contributed by atoms with Gasteiger partial charge < -0.3 is 4.74 Å². The third-order valence-electron chi connectivity index (χ3n) is 2.28. The van der Waals surface area contributed by atoms with Gasteiger partial charge in [-0.1, -0.05) is 12.0 Å². The number of aromatic nitrogens is 1. The first-order valence-electron chi connectivity index (χ1n) is 4.91. The molecule has 2 nitrogen and oxygen atoms in total. The summed E-state index contributed by atoms with van der Waals surface area (Å²) in [7, 11) is 1.65. The van der Waals surface area contributed by atoms with Crippen LogP contribution < -0.4 is 4.74 Å². The van der Waals surface area contributed by atoms with Crippen molar-refractivity contribution in [2.45, 2.75) is 0 Å². The maximum atomic E-state index is 5.31. The molecule has 1 aromatic heterocycles. The minimum absolute atomic E-state index is 0.647. The molecular weight excluding hydrogens is 198 g/mol. The maximum Gasteiger partial charge on any atom is 0.118 e. The number of methoxy groups -OCH3 is 1. The van der Waals surface area contributed by atoms with E-state index < -0.39 is 0 Å². The summed E-state index contributed by atoms with van der Waals surface area (Å²) >= 11 is 0. The molecule has 0 saturated carbocycles. The Hall–Kier alpha value is -2.27. The van der Waals surface area contributed by atoms with E-state index in [0.29, 0.717) is 5.69 Å². The summed E-state index contributed by atoms with van der Waals surface area (Å²) in [6.45, 7) is 0. The number of rotatable bonds is 2. The van der Waals surface area contributed by atoms with Crippen LogP contribution in [0.3, 0.4) is 0 Å². The smallest absolute Gasteiger partial charge is 0.118 e. The Morgan fingerprint density at radius 1 is 1.12 bits per heavy atom. The van der Waals surface area contributed by atoms with Crippen molar-refractivity contribution in [1.29, 1.82) is 0 Å². The molecule has 1 aromatic carbocycles. The molecule has 0 atom stereocenters.